The van der Waals surface area contributed by atoms with E-state index in [1.165, 1.54) is 7.11 Å². The normalized spacial score (nSPS) is 11.1. The highest BCUT2D eigenvalue weighted by molar-refractivity contribution is 5.61. The number of hydrogen-bond donors (Lipinski definition) is 3. The second kappa shape index (κ2) is 7.47. The highest BCUT2D eigenvalue weighted by Crippen LogP contribution is 2.47. The lowest BCUT2D eigenvalue weighted by Crippen LogP contribution is -2.07. The van der Waals surface area contributed by atoms with Crippen LogP contribution in [0.25, 0.3) is 0 Å². The van der Waals surface area contributed by atoms with Crippen LogP contribution in [0, 0.1) is 27.7 Å². The number of phenols is 3. The minimum absolute atomic E-state index is 0.00730. The maximum absolute atomic E-state index is 10.9. The molecule has 0 heterocycles. The van der Waals surface area contributed by atoms with E-state index in [-0.39, 0.29) is 17.2 Å². The molecule has 3 aromatic rings. The first kappa shape index (κ1) is 19.6. The molecule has 0 atom stereocenters. The maximum atomic E-state index is 10.9. The highest BCUT2D eigenvalue weighted by atomic mass is 16.5. The summed E-state index contributed by atoms with van der Waals surface area (Å²) in [6, 6.07) is 12.9. The number of benzene rings is 3. The average molecular weight is 378 g/mol. The van der Waals surface area contributed by atoms with Crippen LogP contribution in [0.2, 0.25) is 0 Å². The molecular formula is C24H26O4. The van der Waals surface area contributed by atoms with Crippen molar-refractivity contribution in [3.63, 3.8) is 0 Å². The number of hydrogen-bond acceptors (Lipinski definition) is 4. The van der Waals surface area contributed by atoms with E-state index in [0.717, 1.165) is 22.3 Å². The van der Waals surface area contributed by atoms with Gasteiger partial charge in [0.2, 0.25) is 0 Å². The summed E-state index contributed by atoms with van der Waals surface area (Å²) in [6.45, 7) is 7.60. The zero-order chi connectivity index (χ0) is 20.6. The van der Waals surface area contributed by atoms with Crippen LogP contribution >= 0.6 is 0 Å². The number of ether oxygens (including phenoxy) is 1. The number of aromatic hydroxyl groups is 3. The molecule has 0 aliphatic heterocycles. The summed E-state index contributed by atoms with van der Waals surface area (Å²) in [5.41, 5.74) is 5.27. The first-order chi connectivity index (χ1) is 13.2. The molecular weight excluding hydrogens is 352 g/mol. The summed E-state index contributed by atoms with van der Waals surface area (Å²) < 4.78 is 5.29. The van der Waals surface area contributed by atoms with Crippen LogP contribution in [0.5, 0.6) is 23.0 Å². The molecule has 0 fully saturated rings. The van der Waals surface area contributed by atoms with Crippen molar-refractivity contribution >= 4 is 0 Å². The molecule has 4 heteroatoms. The van der Waals surface area contributed by atoms with Crippen LogP contribution in [0.1, 0.15) is 44.9 Å². The van der Waals surface area contributed by atoms with Gasteiger partial charge < -0.3 is 20.1 Å². The Balaban J connectivity index is 2.40. The van der Waals surface area contributed by atoms with Gasteiger partial charge in [0.25, 0.3) is 0 Å². The summed E-state index contributed by atoms with van der Waals surface area (Å²) in [5, 5.41) is 32.6. The van der Waals surface area contributed by atoms with E-state index >= 15 is 0 Å². The lowest BCUT2D eigenvalue weighted by atomic mass is 9.81. The van der Waals surface area contributed by atoms with Crippen molar-refractivity contribution in [1.82, 2.24) is 0 Å². The molecule has 0 radical (unpaired) electrons. The Morgan fingerprint density at radius 2 is 1.18 bits per heavy atom. The third-order valence-electron chi connectivity index (χ3n) is 5.13. The van der Waals surface area contributed by atoms with E-state index in [9.17, 15) is 15.3 Å². The van der Waals surface area contributed by atoms with Gasteiger partial charge in [-0.1, -0.05) is 47.5 Å². The van der Waals surface area contributed by atoms with Crippen molar-refractivity contribution < 1.29 is 20.1 Å². The number of rotatable bonds is 4. The van der Waals surface area contributed by atoms with Crippen molar-refractivity contribution in [2.24, 2.45) is 0 Å². The first-order valence-corrected chi connectivity index (χ1v) is 9.20. The molecule has 0 unspecified atom stereocenters. The van der Waals surface area contributed by atoms with Gasteiger partial charge in [-0.15, -0.1) is 0 Å². The Hall–Kier alpha value is -3.14. The van der Waals surface area contributed by atoms with Gasteiger partial charge in [0, 0.05) is 22.6 Å². The number of methoxy groups -OCH3 is 1. The minimum atomic E-state index is -0.563. The van der Waals surface area contributed by atoms with Gasteiger partial charge in [0.1, 0.15) is 11.5 Å². The zero-order valence-corrected chi connectivity index (χ0v) is 16.9. The molecule has 0 saturated carbocycles. The molecule has 4 nitrogen and oxygen atoms in total. The number of para-hydroxylation sites is 1. The fourth-order valence-electron chi connectivity index (χ4n) is 3.87. The standard InChI is InChI=1S/C24H26O4/c1-13-9-15(3)22(25)18(11-13)21(17-7-6-8-20(28-5)24(17)27)19-12-14(2)10-16(4)23(19)26/h6-12,21,25-27H,1-5H3. The topological polar surface area (TPSA) is 69.9 Å². The van der Waals surface area contributed by atoms with Crippen molar-refractivity contribution in [2.45, 2.75) is 33.6 Å². The molecule has 3 rings (SSSR count). The van der Waals surface area contributed by atoms with Crippen molar-refractivity contribution in [3.05, 3.63) is 81.4 Å². The second-order valence-corrected chi connectivity index (χ2v) is 7.37. The van der Waals surface area contributed by atoms with Gasteiger partial charge in [-0.05, 0) is 44.9 Å². The Labute approximate surface area is 165 Å². The van der Waals surface area contributed by atoms with Crippen molar-refractivity contribution in [1.29, 1.82) is 0 Å². The van der Waals surface area contributed by atoms with Crippen molar-refractivity contribution in [2.75, 3.05) is 7.11 Å². The Morgan fingerprint density at radius 1 is 0.679 bits per heavy atom. The summed E-state index contributed by atoms with van der Waals surface area (Å²) in [7, 11) is 1.50. The SMILES string of the molecule is COc1cccc(C(c2cc(C)cc(C)c2O)c2cc(C)cc(C)c2O)c1O. The van der Waals surface area contributed by atoms with Gasteiger partial charge >= 0.3 is 0 Å². The second-order valence-electron chi connectivity index (χ2n) is 7.37. The quantitative estimate of drug-likeness (QED) is 0.544. The molecule has 0 aliphatic carbocycles. The molecule has 0 saturated heterocycles. The lowest BCUT2D eigenvalue weighted by Gasteiger charge is -2.24. The first-order valence-electron chi connectivity index (χ1n) is 9.20. The molecule has 0 aliphatic rings. The molecule has 0 bridgehead atoms. The largest absolute Gasteiger partial charge is 0.507 e. The number of aryl methyl sites for hydroxylation is 4. The van der Waals surface area contributed by atoms with E-state index in [2.05, 4.69) is 0 Å². The molecule has 28 heavy (non-hydrogen) atoms. The van der Waals surface area contributed by atoms with Gasteiger partial charge in [0.15, 0.2) is 11.5 Å². The average Bonchev–Trinajstić information content (AvgIpc) is 2.64. The van der Waals surface area contributed by atoms with E-state index < -0.39 is 5.92 Å². The Morgan fingerprint density at radius 3 is 1.64 bits per heavy atom. The van der Waals surface area contributed by atoms with Crippen molar-refractivity contribution in [3.8, 4) is 23.0 Å². The molecule has 0 aromatic heterocycles. The van der Waals surface area contributed by atoms with E-state index in [4.69, 9.17) is 4.74 Å². The van der Waals surface area contributed by atoms with Crippen LogP contribution in [-0.2, 0) is 0 Å². The van der Waals surface area contributed by atoms with Crippen LogP contribution in [0.15, 0.2) is 42.5 Å². The van der Waals surface area contributed by atoms with E-state index in [1.807, 2.05) is 52.0 Å². The summed E-state index contributed by atoms with van der Waals surface area (Å²) in [6.07, 6.45) is 0. The maximum Gasteiger partial charge on any atom is 0.161 e. The summed E-state index contributed by atoms with van der Waals surface area (Å²) in [4.78, 5) is 0. The fourth-order valence-corrected chi connectivity index (χ4v) is 3.87. The zero-order valence-electron chi connectivity index (χ0n) is 16.9. The summed E-state index contributed by atoms with van der Waals surface area (Å²) >= 11 is 0. The van der Waals surface area contributed by atoms with Crippen LogP contribution < -0.4 is 4.74 Å². The van der Waals surface area contributed by atoms with E-state index in [0.29, 0.717) is 22.4 Å². The Kier molecular flexibility index (Phi) is 5.23. The monoisotopic (exact) mass is 378 g/mol. The van der Waals surface area contributed by atoms with Gasteiger partial charge in [0.05, 0.1) is 7.11 Å². The van der Waals surface area contributed by atoms with Crippen LogP contribution in [-0.4, -0.2) is 22.4 Å². The van der Waals surface area contributed by atoms with E-state index in [1.54, 1.807) is 18.2 Å². The van der Waals surface area contributed by atoms with Crippen LogP contribution in [0.3, 0.4) is 0 Å². The Bertz CT molecular complexity index is 980. The third-order valence-corrected chi connectivity index (χ3v) is 5.13. The third kappa shape index (κ3) is 3.38. The predicted octanol–water partition coefficient (Wildman–Crippen LogP) is 5.23. The van der Waals surface area contributed by atoms with Crippen LogP contribution in [0.4, 0.5) is 0 Å². The molecule has 146 valence electrons. The lowest BCUT2D eigenvalue weighted by molar-refractivity contribution is 0.369. The molecule has 0 amide bonds. The molecule has 3 N–H and O–H groups in total. The van der Waals surface area contributed by atoms with Gasteiger partial charge in [-0.25, -0.2) is 0 Å². The minimum Gasteiger partial charge on any atom is -0.507 e. The molecule has 0 spiro atoms. The number of phenolic OH excluding ortho intramolecular Hbond substituents is 3. The molecule has 3 aromatic carbocycles. The smallest absolute Gasteiger partial charge is 0.161 e. The highest BCUT2D eigenvalue weighted by Gasteiger charge is 2.28. The predicted molar refractivity (Wildman–Crippen MR) is 111 cm³/mol. The summed E-state index contributed by atoms with van der Waals surface area (Å²) in [5.74, 6) is 0.0717. The fraction of sp³-hybridized carbons (Fsp3) is 0.250. The van der Waals surface area contributed by atoms with Gasteiger partial charge in [-0.2, -0.15) is 0 Å². The van der Waals surface area contributed by atoms with Gasteiger partial charge in [-0.3, -0.25) is 0 Å².